The van der Waals surface area contributed by atoms with Gasteiger partial charge in [0.2, 0.25) is 0 Å². The molecular formula is C11H9N5O3S. The highest BCUT2D eigenvalue weighted by atomic mass is 32.2. The van der Waals surface area contributed by atoms with Crippen LogP contribution in [-0.2, 0) is 6.54 Å². The third-order valence-corrected chi connectivity index (χ3v) is 3.52. The predicted octanol–water partition coefficient (Wildman–Crippen LogP) is 1.52. The van der Waals surface area contributed by atoms with Crippen LogP contribution in [0.15, 0.2) is 33.0 Å². The van der Waals surface area contributed by atoms with E-state index in [9.17, 15) is 14.9 Å². The first kappa shape index (κ1) is 13.8. The number of rotatable bonds is 4. The first-order valence-electron chi connectivity index (χ1n) is 5.58. The molecule has 0 aliphatic rings. The maximum absolute atomic E-state index is 11.4. The number of nitrogens with one attached hydrogen (secondary N) is 1. The highest BCUT2D eigenvalue weighted by Crippen LogP contribution is 2.30. The highest BCUT2D eigenvalue weighted by molar-refractivity contribution is 7.99. The molecule has 0 aliphatic carbocycles. The molecule has 0 bridgehead atoms. The van der Waals surface area contributed by atoms with Gasteiger partial charge in [-0.15, -0.1) is 5.10 Å². The molecule has 2 aromatic rings. The zero-order valence-corrected chi connectivity index (χ0v) is 11.2. The van der Waals surface area contributed by atoms with Gasteiger partial charge in [-0.3, -0.25) is 14.7 Å². The first-order chi connectivity index (χ1) is 9.56. The second kappa shape index (κ2) is 5.58. The molecule has 0 unspecified atom stereocenters. The summed E-state index contributed by atoms with van der Waals surface area (Å²) in [7, 11) is 0. The molecule has 0 amide bonds. The van der Waals surface area contributed by atoms with E-state index in [1.54, 1.807) is 19.1 Å². The van der Waals surface area contributed by atoms with Gasteiger partial charge < -0.3 is 0 Å². The molecule has 2 rings (SSSR count). The van der Waals surface area contributed by atoms with Crippen molar-refractivity contribution in [3.63, 3.8) is 0 Å². The molecule has 9 heteroatoms. The van der Waals surface area contributed by atoms with Gasteiger partial charge in [-0.05, 0) is 30.8 Å². The number of nitro groups is 1. The van der Waals surface area contributed by atoms with E-state index >= 15 is 0 Å². The summed E-state index contributed by atoms with van der Waals surface area (Å²) in [6.45, 7) is 2.23. The van der Waals surface area contributed by atoms with Crippen molar-refractivity contribution in [2.24, 2.45) is 0 Å². The van der Waals surface area contributed by atoms with E-state index < -0.39 is 4.92 Å². The molecule has 1 aromatic carbocycles. The largest absolute Gasteiger partial charge is 0.343 e. The van der Waals surface area contributed by atoms with Crippen molar-refractivity contribution in [2.45, 2.75) is 23.5 Å². The Morgan fingerprint density at radius 1 is 1.60 bits per heavy atom. The van der Waals surface area contributed by atoms with Crippen molar-refractivity contribution in [3.05, 3.63) is 44.4 Å². The monoisotopic (exact) mass is 291 g/mol. The summed E-state index contributed by atoms with van der Waals surface area (Å²) in [5.74, 6) is 0. The normalized spacial score (nSPS) is 10.2. The summed E-state index contributed by atoms with van der Waals surface area (Å²) in [5.41, 5.74) is -0.606. The van der Waals surface area contributed by atoms with Crippen molar-refractivity contribution in [1.82, 2.24) is 14.8 Å². The van der Waals surface area contributed by atoms with Crippen LogP contribution in [-0.4, -0.2) is 19.7 Å². The van der Waals surface area contributed by atoms with E-state index in [-0.39, 0.29) is 16.9 Å². The number of aromatic nitrogens is 3. The number of hydrogen-bond acceptors (Lipinski definition) is 6. The number of nitriles is 1. The fraction of sp³-hybridized carbons (Fsp3) is 0.182. The molecule has 102 valence electrons. The quantitative estimate of drug-likeness (QED) is 0.674. The van der Waals surface area contributed by atoms with Gasteiger partial charge in [0.1, 0.15) is 11.6 Å². The molecule has 8 nitrogen and oxygen atoms in total. The van der Waals surface area contributed by atoms with Crippen LogP contribution in [0, 0.1) is 21.4 Å². The van der Waals surface area contributed by atoms with Gasteiger partial charge in [0.25, 0.3) is 5.69 Å². The molecule has 0 atom stereocenters. The Morgan fingerprint density at radius 2 is 2.35 bits per heavy atom. The molecule has 0 aliphatic heterocycles. The molecule has 0 saturated carbocycles. The van der Waals surface area contributed by atoms with E-state index in [0.29, 0.717) is 16.6 Å². The van der Waals surface area contributed by atoms with Crippen molar-refractivity contribution in [1.29, 1.82) is 5.26 Å². The van der Waals surface area contributed by atoms with Crippen molar-refractivity contribution in [3.8, 4) is 6.07 Å². The van der Waals surface area contributed by atoms with E-state index in [2.05, 4.69) is 10.2 Å². The molecular weight excluding hydrogens is 282 g/mol. The van der Waals surface area contributed by atoms with Crippen LogP contribution >= 0.6 is 11.8 Å². The summed E-state index contributed by atoms with van der Waals surface area (Å²) in [6, 6.07) is 6.02. The van der Waals surface area contributed by atoms with Gasteiger partial charge in [0.15, 0.2) is 5.16 Å². The van der Waals surface area contributed by atoms with Crippen LogP contribution in [0.1, 0.15) is 12.5 Å². The maximum Gasteiger partial charge on any atom is 0.343 e. The molecule has 20 heavy (non-hydrogen) atoms. The third kappa shape index (κ3) is 2.55. The predicted molar refractivity (Wildman–Crippen MR) is 70.5 cm³/mol. The number of hydrogen-bond donors (Lipinski definition) is 1. The lowest BCUT2D eigenvalue weighted by molar-refractivity contribution is -0.385. The molecule has 1 N–H and O–H groups in total. The zero-order valence-electron chi connectivity index (χ0n) is 10.4. The lowest BCUT2D eigenvalue weighted by Crippen LogP contribution is -2.15. The highest BCUT2D eigenvalue weighted by Gasteiger charge is 2.16. The first-order valence-corrected chi connectivity index (χ1v) is 6.40. The van der Waals surface area contributed by atoms with Crippen LogP contribution in [0.2, 0.25) is 0 Å². The molecule has 0 spiro atoms. The van der Waals surface area contributed by atoms with E-state index in [1.807, 2.05) is 0 Å². The fourth-order valence-electron chi connectivity index (χ4n) is 1.59. The fourth-order valence-corrected chi connectivity index (χ4v) is 2.52. The summed E-state index contributed by atoms with van der Waals surface area (Å²) in [6.07, 6.45) is 0. The maximum atomic E-state index is 11.4. The lowest BCUT2D eigenvalue weighted by atomic mass is 10.2. The second-order valence-electron chi connectivity index (χ2n) is 3.71. The minimum Gasteiger partial charge on any atom is -0.270 e. The van der Waals surface area contributed by atoms with Crippen LogP contribution in [0.3, 0.4) is 0 Å². The Kier molecular flexibility index (Phi) is 3.86. The number of benzene rings is 1. The Bertz CT molecular complexity index is 758. The van der Waals surface area contributed by atoms with Crippen molar-refractivity contribution >= 4 is 17.4 Å². The smallest absolute Gasteiger partial charge is 0.270 e. The van der Waals surface area contributed by atoms with Crippen LogP contribution in [0.5, 0.6) is 0 Å². The third-order valence-electron chi connectivity index (χ3n) is 2.53. The van der Waals surface area contributed by atoms with Crippen LogP contribution < -0.4 is 5.69 Å². The van der Waals surface area contributed by atoms with E-state index in [1.165, 1.54) is 16.7 Å². The summed E-state index contributed by atoms with van der Waals surface area (Å²) >= 11 is 1.12. The molecule has 1 aromatic heterocycles. The van der Waals surface area contributed by atoms with Crippen LogP contribution in [0.25, 0.3) is 0 Å². The Balaban J connectivity index is 2.40. The summed E-state index contributed by atoms with van der Waals surface area (Å²) < 4.78 is 1.41. The van der Waals surface area contributed by atoms with Gasteiger partial charge >= 0.3 is 5.69 Å². The summed E-state index contributed by atoms with van der Waals surface area (Å²) in [5, 5.41) is 26.3. The standard InChI is InChI=1S/C11H9N5O3S/c1-2-15-10(17)13-14-11(15)20-8-4-3-7(6-12)9(5-8)16(18)19/h3-5H,2H2,1H3,(H,13,17). The topological polar surface area (TPSA) is 118 Å². The van der Waals surface area contributed by atoms with Gasteiger partial charge in [-0.1, -0.05) is 0 Å². The number of aromatic amines is 1. The Morgan fingerprint density at radius 3 is 2.95 bits per heavy atom. The average Bonchev–Trinajstić information content (AvgIpc) is 2.78. The molecule has 0 radical (unpaired) electrons. The van der Waals surface area contributed by atoms with Crippen LogP contribution in [0.4, 0.5) is 5.69 Å². The van der Waals surface area contributed by atoms with Gasteiger partial charge in [0.05, 0.1) is 4.92 Å². The van der Waals surface area contributed by atoms with Gasteiger partial charge in [-0.2, -0.15) is 5.26 Å². The molecule has 1 heterocycles. The van der Waals surface area contributed by atoms with E-state index in [0.717, 1.165) is 11.8 Å². The Hall–Kier alpha value is -2.60. The van der Waals surface area contributed by atoms with E-state index in [4.69, 9.17) is 5.26 Å². The number of H-pyrrole nitrogens is 1. The minimum atomic E-state index is -0.611. The van der Waals surface area contributed by atoms with Gasteiger partial charge in [-0.25, -0.2) is 9.89 Å². The lowest BCUT2D eigenvalue weighted by Gasteiger charge is -2.02. The van der Waals surface area contributed by atoms with Crippen molar-refractivity contribution < 1.29 is 4.92 Å². The average molecular weight is 291 g/mol. The van der Waals surface area contributed by atoms with Crippen molar-refractivity contribution in [2.75, 3.05) is 0 Å². The second-order valence-corrected chi connectivity index (χ2v) is 4.75. The zero-order chi connectivity index (χ0) is 14.7. The minimum absolute atomic E-state index is 0.00532. The number of nitro benzene ring substituents is 1. The number of nitrogens with zero attached hydrogens (tertiary/aromatic N) is 4. The van der Waals surface area contributed by atoms with Gasteiger partial charge in [0, 0.05) is 17.5 Å². The summed E-state index contributed by atoms with van der Waals surface area (Å²) in [4.78, 5) is 22.2. The SMILES string of the molecule is CCn1c(Sc2ccc(C#N)c([N+](=O)[O-])c2)n[nH]c1=O. The molecule has 0 saturated heterocycles. The molecule has 0 fully saturated rings. The Labute approximate surface area is 117 Å².